The van der Waals surface area contributed by atoms with Gasteiger partial charge in [0, 0.05) is 13.0 Å². The summed E-state index contributed by atoms with van der Waals surface area (Å²) in [5.74, 6) is -1.66. The molecular weight excluding hydrogens is 234 g/mol. The van der Waals surface area contributed by atoms with E-state index < -0.39 is 24.0 Å². The number of hydrogen-bond donors (Lipinski definition) is 4. The average molecular weight is 251 g/mol. The van der Waals surface area contributed by atoms with Crippen LogP contribution in [0.25, 0.3) is 0 Å². The number of nitrogens with two attached hydrogens (primary N) is 2. The van der Waals surface area contributed by atoms with E-state index in [4.69, 9.17) is 16.6 Å². The summed E-state index contributed by atoms with van der Waals surface area (Å²) in [4.78, 5) is 22.6. The lowest BCUT2D eigenvalue weighted by molar-refractivity contribution is -0.141. The first-order valence-corrected chi connectivity index (χ1v) is 5.57. The van der Waals surface area contributed by atoms with Gasteiger partial charge < -0.3 is 21.9 Å². The standard InChI is InChI=1S/C12H17N3O3/c13-7-9(14)11(16)15-10(12(17)18)6-8-4-2-1-3-5-8/h1-5,9-10H,6-7,13-14H2,(H,15,16)(H,17,18)/t9-,10?/m1/s1. The minimum atomic E-state index is -1.10. The van der Waals surface area contributed by atoms with Crippen molar-refractivity contribution < 1.29 is 14.7 Å². The summed E-state index contributed by atoms with van der Waals surface area (Å²) in [7, 11) is 0. The van der Waals surface area contributed by atoms with Crippen LogP contribution < -0.4 is 16.8 Å². The van der Waals surface area contributed by atoms with Crippen molar-refractivity contribution in [3.63, 3.8) is 0 Å². The molecule has 0 aliphatic carbocycles. The van der Waals surface area contributed by atoms with E-state index in [-0.39, 0.29) is 13.0 Å². The van der Waals surface area contributed by atoms with Gasteiger partial charge in [0.05, 0.1) is 6.04 Å². The second-order valence-corrected chi connectivity index (χ2v) is 3.93. The molecule has 0 saturated carbocycles. The van der Waals surface area contributed by atoms with Gasteiger partial charge in [-0.05, 0) is 5.56 Å². The summed E-state index contributed by atoms with van der Waals surface area (Å²) in [5.41, 5.74) is 11.5. The van der Waals surface area contributed by atoms with Crippen LogP contribution in [0.1, 0.15) is 5.56 Å². The molecule has 0 heterocycles. The third-order valence-corrected chi connectivity index (χ3v) is 2.49. The number of rotatable bonds is 6. The molecule has 0 aromatic heterocycles. The highest BCUT2D eigenvalue weighted by Crippen LogP contribution is 2.03. The number of nitrogens with one attached hydrogen (secondary N) is 1. The molecule has 98 valence electrons. The first kappa shape index (κ1) is 14.1. The zero-order valence-corrected chi connectivity index (χ0v) is 9.87. The third-order valence-electron chi connectivity index (χ3n) is 2.49. The Balaban J connectivity index is 2.67. The third kappa shape index (κ3) is 4.15. The largest absolute Gasteiger partial charge is 0.480 e. The number of aliphatic carboxylic acids is 1. The Bertz CT molecular complexity index is 408. The second kappa shape index (κ2) is 6.73. The Kier molecular flexibility index (Phi) is 5.29. The van der Waals surface area contributed by atoms with Crippen LogP contribution in [-0.2, 0) is 16.0 Å². The summed E-state index contributed by atoms with van der Waals surface area (Å²) in [6.45, 7) is -0.0243. The van der Waals surface area contributed by atoms with E-state index in [0.717, 1.165) is 5.56 Å². The van der Waals surface area contributed by atoms with Gasteiger partial charge in [-0.3, -0.25) is 4.79 Å². The molecule has 6 N–H and O–H groups in total. The van der Waals surface area contributed by atoms with Crippen LogP contribution in [0.5, 0.6) is 0 Å². The van der Waals surface area contributed by atoms with E-state index in [1.807, 2.05) is 18.2 Å². The number of hydrogen-bond acceptors (Lipinski definition) is 4. The van der Waals surface area contributed by atoms with Crippen LogP contribution in [0.15, 0.2) is 30.3 Å². The molecule has 1 aromatic rings. The quantitative estimate of drug-likeness (QED) is 0.521. The van der Waals surface area contributed by atoms with Gasteiger partial charge >= 0.3 is 5.97 Å². The fourth-order valence-electron chi connectivity index (χ4n) is 1.44. The molecule has 0 aliphatic heterocycles. The zero-order valence-electron chi connectivity index (χ0n) is 9.87. The van der Waals surface area contributed by atoms with Crippen molar-refractivity contribution >= 4 is 11.9 Å². The fraction of sp³-hybridized carbons (Fsp3) is 0.333. The molecule has 0 aliphatic rings. The highest BCUT2D eigenvalue weighted by Gasteiger charge is 2.22. The molecule has 1 unspecified atom stereocenters. The van der Waals surface area contributed by atoms with Crippen molar-refractivity contribution in [1.29, 1.82) is 0 Å². The average Bonchev–Trinajstić information content (AvgIpc) is 2.37. The molecule has 1 amide bonds. The van der Waals surface area contributed by atoms with Crippen LogP contribution in [0.4, 0.5) is 0 Å². The van der Waals surface area contributed by atoms with Crippen molar-refractivity contribution in [2.75, 3.05) is 6.54 Å². The normalized spacial score (nSPS) is 13.7. The van der Waals surface area contributed by atoms with E-state index in [1.54, 1.807) is 12.1 Å². The van der Waals surface area contributed by atoms with Crippen LogP contribution in [0, 0.1) is 0 Å². The summed E-state index contributed by atoms with van der Waals surface area (Å²) in [5, 5.41) is 11.4. The number of carboxylic acids is 1. The zero-order chi connectivity index (χ0) is 13.5. The molecule has 6 nitrogen and oxygen atoms in total. The number of carboxylic acid groups (broad SMARTS) is 1. The summed E-state index contributed by atoms with van der Waals surface area (Å²) in [6.07, 6.45) is 0.208. The molecular formula is C12H17N3O3. The molecule has 0 fully saturated rings. The smallest absolute Gasteiger partial charge is 0.326 e. The number of carbonyl (C=O) groups is 2. The topological polar surface area (TPSA) is 118 Å². The lowest BCUT2D eigenvalue weighted by Gasteiger charge is -2.17. The van der Waals surface area contributed by atoms with E-state index in [2.05, 4.69) is 5.32 Å². The number of amides is 1. The molecule has 0 spiro atoms. The van der Waals surface area contributed by atoms with Crippen LogP contribution in [-0.4, -0.2) is 35.6 Å². The first-order chi connectivity index (χ1) is 8.54. The van der Waals surface area contributed by atoms with Gasteiger partial charge in [-0.2, -0.15) is 0 Å². The van der Waals surface area contributed by atoms with Crippen molar-refractivity contribution in [3.8, 4) is 0 Å². The van der Waals surface area contributed by atoms with Crippen LogP contribution in [0.2, 0.25) is 0 Å². The summed E-state index contributed by atoms with van der Waals surface area (Å²) < 4.78 is 0. The molecule has 0 bridgehead atoms. The van der Waals surface area contributed by atoms with Crippen molar-refractivity contribution in [3.05, 3.63) is 35.9 Å². The van der Waals surface area contributed by atoms with E-state index in [9.17, 15) is 9.59 Å². The Hall–Kier alpha value is -1.92. The number of carbonyl (C=O) groups excluding carboxylic acids is 1. The predicted octanol–water partition coefficient (Wildman–Crippen LogP) is -0.915. The number of benzene rings is 1. The molecule has 6 heteroatoms. The lowest BCUT2D eigenvalue weighted by atomic mass is 10.1. The fourth-order valence-corrected chi connectivity index (χ4v) is 1.44. The Morgan fingerprint density at radius 1 is 1.28 bits per heavy atom. The second-order valence-electron chi connectivity index (χ2n) is 3.93. The van der Waals surface area contributed by atoms with E-state index in [0.29, 0.717) is 0 Å². The molecule has 18 heavy (non-hydrogen) atoms. The molecule has 0 radical (unpaired) electrons. The Morgan fingerprint density at radius 2 is 1.89 bits per heavy atom. The maximum atomic E-state index is 11.5. The van der Waals surface area contributed by atoms with Gasteiger partial charge in [-0.1, -0.05) is 30.3 Å². The van der Waals surface area contributed by atoms with Crippen molar-refractivity contribution in [2.24, 2.45) is 11.5 Å². The minimum Gasteiger partial charge on any atom is -0.480 e. The van der Waals surface area contributed by atoms with Gasteiger partial charge in [0.15, 0.2) is 0 Å². The molecule has 1 rings (SSSR count). The Morgan fingerprint density at radius 3 is 2.39 bits per heavy atom. The summed E-state index contributed by atoms with van der Waals surface area (Å²) >= 11 is 0. The van der Waals surface area contributed by atoms with Crippen molar-refractivity contribution in [1.82, 2.24) is 5.32 Å². The minimum absolute atomic E-state index is 0.0243. The van der Waals surface area contributed by atoms with Gasteiger partial charge in [-0.15, -0.1) is 0 Å². The summed E-state index contributed by atoms with van der Waals surface area (Å²) in [6, 6.07) is 7.15. The SMILES string of the molecule is NC[C@@H](N)C(=O)NC(Cc1ccccc1)C(=O)O. The Labute approximate surface area is 105 Å². The highest BCUT2D eigenvalue weighted by molar-refractivity contribution is 5.87. The van der Waals surface area contributed by atoms with Gasteiger partial charge in [0.25, 0.3) is 0 Å². The molecule has 0 saturated heterocycles. The highest BCUT2D eigenvalue weighted by atomic mass is 16.4. The van der Waals surface area contributed by atoms with Gasteiger partial charge in [0.1, 0.15) is 6.04 Å². The van der Waals surface area contributed by atoms with Gasteiger partial charge in [0.2, 0.25) is 5.91 Å². The molecule has 2 atom stereocenters. The predicted molar refractivity (Wildman–Crippen MR) is 66.7 cm³/mol. The first-order valence-electron chi connectivity index (χ1n) is 5.57. The van der Waals surface area contributed by atoms with Crippen LogP contribution >= 0.6 is 0 Å². The molecule has 1 aromatic carbocycles. The van der Waals surface area contributed by atoms with Crippen LogP contribution in [0.3, 0.4) is 0 Å². The van der Waals surface area contributed by atoms with E-state index >= 15 is 0 Å². The monoisotopic (exact) mass is 251 g/mol. The van der Waals surface area contributed by atoms with Crippen molar-refractivity contribution in [2.45, 2.75) is 18.5 Å². The maximum absolute atomic E-state index is 11.5. The maximum Gasteiger partial charge on any atom is 0.326 e. The lowest BCUT2D eigenvalue weighted by Crippen LogP contribution is -2.51. The van der Waals surface area contributed by atoms with E-state index in [1.165, 1.54) is 0 Å². The van der Waals surface area contributed by atoms with Gasteiger partial charge in [-0.25, -0.2) is 4.79 Å².